The number of carbonyl (C=O) groups is 1. The molecule has 4 heteroatoms. The third kappa shape index (κ3) is 3.35. The van der Waals surface area contributed by atoms with E-state index in [1.807, 2.05) is 38.1 Å². The van der Waals surface area contributed by atoms with E-state index in [1.165, 1.54) is 0 Å². The van der Waals surface area contributed by atoms with Gasteiger partial charge < -0.3 is 11.1 Å². The summed E-state index contributed by atoms with van der Waals surface area (Å²) in [6.45, 7) is 3.94. The van der Waals surface area contributed by atoms with Gasteiger partial charge in [0.25, 0.3) is 5.91 Å². The Labute approximate surface area is 121 Å². The van der Waals surface area contributed by atoms with Crippen molar-refractivity contribution in [3.8, 4) is 0 Å². The van der Waals surface area contributed by atoms with Crippen LogP contribution in [0.15, 0.2) is 40.9 Å². The molecule has 0 aliphatic rings. The van der Waals surface area contributed by atoms with E-state index in [1.54, 1.807) is 12.1 Å². The number of nitrogen functional groups attached to an aromatic ring is 1. The number of hydrogen-bond donors (Lipinski definition) is 2. The molecule has 0 spiro atoms. The second kappa shape index (κ2) is 5.45. The van der Waals surface area contributed by atoms with Gasteiger partial charge in [-0.15, -0.1) is 0 Å². The van der Waals surface area contributed by atoms with Crippen molar-refractivity contribution in [3.05, 3.63) is 57.6 Å². The van der Waals surface area contributed by atoms with Gasteiger partial charge in [-0.1, -0.05) is 17.2 Å². The zero-order valence-corrected chi connectivity index (χ0v) is 12.4. The summed E-state index contributed by atoms with van der Waals surface area (Å²) < 4.78 is 0.805. The van der Waals surface area contributed by atoms with E-state index >= 15 is 0 Å². The second-order valence-corrected chi connectivity index (χ2v) is 5.42. The summed E-state index contributed by atoms with van der Waals surface area (Å²) in [6.07, 6.45) is 0. The monoisotopic (exact) mass is 318 g/mol. The third-order valence-electron chi connectivity index (χ3n) is 2.72. The quantitative estimate of drug-likeness (QED) is 0.825. The summed E-state index contributed by atoms with van der Waals surface area (Å²) in [7, 11) is 0. The fourth-order valence-corrected chi connectivity index (χ4v) is 2.28. The summed E-state index contributed by atoms with van der Waals surface area (Å²) >= 11 is 3.39. The molecule has 2 aromatic rings. The van der Waals surface area contributed by atoms with Crippen molar-refractivity contribution in [2.45, 2.75) is 13.8 Å². The first-order valence-corrected chi connectivity index (χ1v) is 6.69. The van der Waals surface area contributed by atoms with Gasteiger partial charge in [0, 0.05) is 15.7 Å². The van der Waals surface area contributed by atoms with Crippen LogP contribution in [0.3, 0.4) is 0 Å². The molecule has 98 valence electrons. The van der Waals surface area contributed by atoms with Crippen molar-refractivity contribution in [1.82, 2.24) is 0 Å². The topological polar surface area (TPSA) is 55.1 Å². The van der Waals surface area contributed by atoms with Crippen LogP contribution in [0.2, 0.25) is 0 Å². The molecule has 3 nitrogen and oxygen atoms in total. The molecule has 19 heavy (non-hydrogen) atoms. The highest BCUT2D eigenvalue weighted by atomic mass is 79.9. The van der Waals surface area contributed by atoms with E-state index in [9.17, 15) is 4.79 Å². The van der Waals surface area contributed by atoms with Crippen LogP contribution < -0.4 is 11.1 Å². The summed E-state index contributed by atoms with van der Waals surface area (Å²) in [5.74, 6) is -0.141. The van der Waals surface area contributed by atoms with Gasteiger partial charge in [0.2, 0.25) is 0 Å². The Hall–Kier alpha value is -1.81. The Morgan fingerprint density at radius 2 is 1.74 bits per heavy atom. The van der Waals surface area contributed by atoms with Crippen LogP contribution in [0.25, 0.3) is 0 Å². The molecular formula is C15H15BrN2O. The molecule has 0 aromatic heterocycles. The van der Waals surface area contributed by atoms with Gasteiger partial charge in [-0.2, -0.15) is 0 Å². The van der Waals surface area contributed by atoms with Gasteiger partial charge in [0.05, 0.1) is 5.69 Å². The normalized spacial score (nSPS) is 10.3. The van der Waals surface area contributed by atoms with E-state index in [-0.39, 0.29) is 5.91 Å². The predicted molar refractivity (Wildman–Crippen MR) is 82.4 cm³/mol. The SMILES string of the molecule is Cc1cc(C)cc(C(=O)Nc2cc(N)ccc2Br)c1. The number of amides is 1. The lowest BCUT2D eigenvalue weighted by molar-refractivity contribution is 0.102. The zero-order chi connectivity index (χ0) is 14.0. The van der Waals surface area contributed by atoms with Crippen molar-refractivity contribution in [2.24, 2.45) is 0 Å². The minimum atomic E-state index is -0.141. The van der Waals surface area contributed by atoms with E-state index in [2.05, 4.69) is 21.2 Å². The highest BCUT2D eigenvalue weighted by Crippen LogP contribution is 2.25. The molecule has 1 amide bonds. The number of benzene rings is 2. The van der Waals surface area contributed by atoms with Crippen LogP contribution in [-0.4, -0.2) is 5.91 Å². The van der Waals surface area contributed by atoms with Crippen LogP contribution in [0.5, 0.6) is 0 Å². The molecule has 2 aromatic carbocycles. The average molecular weight is 319 g/mol. The van der Waals surface area contributed by atoms with Crippen molar-refractivity contribution in [3.63, 3.8) is 0 Å². The summed E-state index contributed by atoms with van der Waals surface area (Å²) in [4.78, 5) is 12.2. The van der Waals surface area contributed by atoms with Crippen LogP contribution >= 0.6 is 15.9 Å². The van der Waals surface area contributed by atoms with Crippen molar-refractivity contribution >= 4 is 33.2 Å². The molecular weight excluding hydrogens is 304 g/mol. The molecule has 0 saturated heterocycles. The lowest BCUT2D eigenvalue weighted by Crippen LogP contribution is -2.13. The van der Waals surface area contributed by atoms with Gasteiger partial charge in [0.15, 0.2) is 0 Å². The number of nitrogens with one attached hydrogen (secondary N) is 1. The molecule has 0 saturated carbocycles. The maximum atomic E-state index is 12.2. The fraction of sp³-hybridized carbons (Fsp3) is 0.133. The fourth-order valence-electron chi connectivity index (χ4n) is 1.94. The maximum absolute atomic E-state index is 12.2. The molecule has 0 fully saturated rings. The van der Waals surface area contributed by atoms with Crippen molar-refractivity contribution in [2.75, 3.05) is 11.1 Å². The molecule has 0 bridgehead atoms. The van der Waals surface area contributed by atoms with E-state index in [4.69, 9.17) is 5.73 Å². The molecule has 0 atom stereocenters. The highest BCUT2D eigenvalue weighted by Gasteiger charge is 2.09. The molecule has 3 N–H and O–H groups in total. The summed E-state index contributed by atoms with van der Waals surface area (Å²) in [5.41, 5.74) is 9.78. The first kappa shape index (κ1) is 13.6. The van der Waals surface area contributed by atoms with E-state index in [0.29, 0.717) is 16.9 Å². The highest BCUT2D eigenvalue weighted by molar-refractivity contribution is 9.10. The molecule has 0 unspecified atom stereocenters. The Morgan fingerprint density at radius 1 is 1.11 bits per heavy atom. The van der Waals surface area contributed by atoms with Gasteiger partial charge in [0.1, 0.15) is 0 Å². The lowest BCUT2D eigenvalue weighted by Gasteiger charge is -2.09. The average Bonchev–Trinajstić information content (AvgIpc) is 2.32. The Morgan fingerprint density at radius 3 is 2.37 bits per heavy atom. The summed E-state index contributed by atoms with van der Waals surface area (Å²) in [6, 6.07) is 11.1. The molecule has 0 aliphatic heterocycles. The minimum Gasteiger partial charge on any atom is -0.399 e. The smallest absolute Gasteiger partial charge is 0.255 e. The first-order chi connectivity index (χ1) is 8.95. The van der Waals surface area contributed by atoms with Crippen molar-refractivity contribution < 1.29 is 4.79 Å². The molecule has 0 aliphatic carbocycles. The van der Waals surface area contributed by atoms with Crippen LogP contribution in [0.4, 0.5) is 11.4 Å². The largest absolute Gasteiger partial charge is 0.399 e. The number of hydrogen-bond acceptors (Lipinski definition) is 2. The second-order valence-electron chi connectivity index (χ2n) is 4.57. The Bertz CT molecular complexity index is 618. The van der Waals surface area contributed by atoms with Gasteiger partial charge >= 0.3 is 0 Å². The number of nitrogens with two attached hydrogens (primary N) is 1. The standard InChI is InChI=1S/C15H15BrN2O/c1-9-5-10(2)7-11(6-9)15(19)18-14-8-12(17)3-4-13(14)16/h3-8H,17H2,1-2H3,(H,18,19). The van der Waals surface area contributed by atoms with Crippen LogP contribution in [0, 0.1) is 13.8 Å². The molecule has 2 rings (SSSR count). The summed E-state index contributed by atoms with van der Waals surface area (Å²) in [5, 5.41) is 2.86. The van der Waals surface area contributed by atoms with Gasteiger partial charge in [-0.25, -0.2) is 0 Å². The van der Waals surface area contributed by atoms with Gasteiger partial charge in [-0.3, -0.25) is 4.79 Å². The Kier molecular flexibility index (Phi) is 3.90. The third-order valence-corrected chi connectivity index (χ3v) is 3.41. The minimum absolute atomic E-state index is 0.141. The Balaban J connectivity index is 2.28. The number of aryl methyl sites for hydroxylation is 2. The first-order valence-electron chi connectivity index (χ1n) is 5.90. The zero-order valence-electron chi connectivity index (χ0n) is 10.8. The molecule has 0 radical (unpaired) electrons. The lowest BCUT2D eigenvalue weighted by atomic mass is 10.1. The van der Waals surface area contributed by atoms with Crippen LogP contribution in [0.1, 0.15) is 21.5 Å². The number of anilines is 2. The number of rotatable bonds is 2. The predicted octanol–water partition coefficient (Wildman–Crippen LogP) is 3.90. The molecule has 0 heterocycles. The van der Waals surface area contributed by atoms with Crippen molar-refractivity contribution in [1.29, 1.82) is 0 Å². The van der Waals surface area contributed by atoms with E-state index in [0.717, 1.165) is 15.6 Å². The number of carbonyl (C=O) groups excluding carboxylic acids is 1. The van der Waals surface area contributed by atoms with Gasteiger partial charge in [-0.05, 0) is 60.1 Å². The van der Waals surface area contributed by atoms with Crippen LogP contribution in [-0.2, 0) is 0 Å². The number of halogens is 1. The van der Waals surface area contributed by atoms with E-state index < -0.39 is 0 Å². The maximum Gasteiger partial charge on any atom is 0.255 e.